The van der Waals surface area contributed by atoms with Crippen molar-refractivity contribution in [3.8, 4) is 28.7 Å². The molecule has 41 heavy (non-hydrogen) atoms. The highest BCUT2D eigenvalue weighted by molar-refractivity contribution is 6.07. The quantitative estimate of drug-likeness (QED) is 0.229. The topological polar surface area (TPSA) is 61.0 Å². The van der Waals surface area contributed by atoms with Crippen LogP contribution in [0, 0.1) is 13.8 Å². The van der Waals surface area contributed by atoms with Crippen LogP contribution in [0.5, 0.6) is 11.5 Å². The first-order chi connectivity index (χ1) is 20.2. The maximum absolute atomic E-state index is 6.45. The summed E-state index contributed by atoms with van der Waals surface area (Å²) in [6.45, 7) is 4.88. The summed E-state index contributed by atoms with van der Waals surface area (Å²) in [6.07, 6.45) is 3.60. The third-order valence-corrected chi connectivity index (χ3v) is 7.90. The van der Waals surface area contributed by atoms with E-state index in [9.17, 15) is 0 Å². The fraction of sp³-hybridized carbons (Fsp3) is 0.0882. The summed E-state index contributed by atoms with van der Waals surface area (Å²) in [7, 11) is 0. The monoisotopic (exact) mass is 534 g/mol. The fourth-order valence-corrected chi connectivity index (χ4v) is 5.82. The number of pyridine rings is 2. The summed E-state index contributed by atoms with van der Waals surface area (Å²) in [5.74, 6) is 3.26. The lowest BCUT2D eigenvalue weighted by atomic mass is 10.1. The summed E-state index contributed by atoms with van der Waals surface area (Å²) in [4.78, 5) is 16.6. The van der Waals surface area contributed by atoms with Crippen LogP contribution >= 0.6 is 0 Å². The average molecular weight is 535 g/mol. The Bertz CT molecular complexity index is 2090. The second-order valence-corrected chi connectivity index (χ2v) is 10.3. The highest BCUT2D eigenvalue weighted by atomic mass is 16.5. The molecule has 0 amide bonds. The molecule has 7 nitrogen and oxygen atoms in total. The highest BCUT2D eigenvalue weighted by Crippen LogP contribution is 2.41. The standard InChI is InChI=1S/C34H26N6O/c1-22-23(2)38-21-39(29-14-5-4-13-28(29)34(38)37-22)24-10-9-11-25(18-24)41-26-19-31-33(36-20-26)27-12-3-6-15-30(27)40(31)32-16-7-8-17-35-32/h3-20H,21H2,1-2H3. The zero-order valence-electron chi connectivity index (χ0n) is 22.7. The molecule has 0 N–H and O–H groups in total. The predicted molar refractivity (Wildman–Crippen MR) is 162 cm³/mol. The van der Waals surface area contributed by atoms with Crippen LogP contribution in [-0.4, -0.2) is 24.1 Å². The minimum Gasteiger partial charge on any atom is -0.456 e. The van der Waals surface area contributed by atoms with Gasteiger partial charge in [0.25, 0.3) is 0 Å². The Hall–Kier alpha value is -5.43. The van der Waals surface area contributed by atoms with Crippen LogP contribution in [0.15, 0.2) is 109 Å². The molecule has 198 valence electrons. The van der Waals surface area contributed by atoms with E-state index in [1.54, 1.807) is 6.20 Å². The Balaban J connectivity index is 1.19. The number of rotatable bonds is 4. The van der Waals surface area contributed by atoms with E-state index in [4.69, 9.17) is 14.7 Å². The molecule has 0 spiro atoms. The second-order valence-electron chi connectivity index (χ2n) is 10.3. The third kappa shape index (κ3) is 3.70. The van der Waals surface area contributed by atoms with E-state index in [2.05, 4.69) is 81.4 Å². The number of nitrogens with zero attached hydrogens (tertiary/aromatic N) is 6. The number of ether oxygens (including phenoxy) is 1. The Kier molecular flexibility index (Phi) is 5.18. The van der Waals surface area contributed by atoms with E-state index in [-0.39, 0.29) is 0 Å². The van der Waals surface area contributed by atoms with Crippen molar-refractivity contribution in [1.29, 1.82) is 0 Å². The molecule has 5 heterocycles. The minimum absolute atomic E-state index is 0.664. The fourth-order valence-electron chi connectivity index (χ4n) is 5.82. The van der Waals surface area contributed by atoms with Crippen LogP contribution < -0.4 is 9.64 Å². The first-order valence-electron chi connectivity index (χ1n) is 13.6. The SMILES string of the molecule is Cc1nc2n(c1C)CN(c1cccc(Oc3cnc4c5ccccc5n(-c5ccccn5)c4c3)c1)c1ccccc1-2. The predicted octanol–water partition coefficient (Wildman–Crippen LogP) is 7.96. The van der Waals surface area contributed by atoms with E-state index in [0.29, 0.717) is 12.4 Å². The summed E-state index contributed by atoms with van der Waals surface area (Å²) < 4.78 is 10.9. The lowest BCUT2D eigenvalue weighted by Crippen LogP contribution is -2.26. The van der Waals surface area contributed by atoms with E-state index in [1.165, 1.54) is 5.69 Å². The Morgan fingerprint density at radius 2 is 1.61 bits per heavy atom. The smallest absolute Gasteiger partial charge is 0.147 e. The minimum atomic E-state index is 0.664. The number of anilines is 2. The number of fused-ring (bicyclic) bond motifs is 6. The zero-order valence-corrected chi connectivity index (χ0v) is 22.7. The molecule has 4 aromatic heterocycles. The second kappa shape index (κ2) is 9.06. The van der Waals surface area contributed by atoms with Crippen LogP contribution in [0.25, 0.3) is 39.1 Å². The molecule has 7 aromatic rings. The molecule has 7 heteroatoms. The first-order valence-corrected chi connectivity index (χ1v) is 13.6. The number of benzene rings is 3. The molecule has 0 bridgehead atoms. The van der Waals surface area contributed by atoms with Crippen LogP contribution in [0.1, 0.15) is 11.4 Å². The van der Waals surface area contributed by atoms with Crippen molar-refractivity contribution in [2.75, 3.05) is 4.90 Å². The maximum atomic E-state index is 6.45. The molecule has 0 fully saturated rings. The molecular formula is C34H26N6O. The zero-order chi connectivity index (χ0) is 27.5. The van der Waals surface area contributed by atoms with Gasteiger partial charge in [0.2, 0.25) is 0 Å². The molecule has 3 aromatic carbocycles. The van der Waals surface area contributed by atoms with Gasteiger partial charge in [0.1, 0.15) is 29.8 Å². The summed E-state index contributed by atoms with van der Waals surface area (Å²) >= 11 is 0. The molecule has 0 unspecified atom stereocenters. The summed E-state index contributed by atoms with van der Waals surface area (Å²) in [5.41, 5.74) is 8.45. The normalized spacial score (nSPS) is 12.5. The van der Waals surface area contributed by atoms with Crippen LogP contribution in [0.3, 0.4) is 0 Å². The van der Waals surface area contributed by atoms with Crippen LogP contribution in [0.2, 0.25) is 0 Å². The maximum Gasteiger partial charge on any atom is 0.147 e. The van der Waals surface area contributed by atoms with E-state index < -0.39 is 0 Å². The third-order valence-electron chi connectivity index (χ3n) is 7.90. The number of para-hydroxylation sites is 2. The van der Waals surface area contributed by atoms with Crippen LogP contribution in [0.4, 0.5) is 11.4 Å². The van der Waals surface area contributed by atoms with E-state index in [1.807, 2.05) is 54.7 Å². The molecule has 1 aliphatic rings. The van der Waals surface area contributed by atoms with Crippen molar-refractivity contribution >= 4 is 33.3 Å². The number of aromatic nitrogens is 5. The number of hydrogen-bond acceptors (Lipinski definition) is 5. The van der Waals surface area contributed by atoms with Crippen LogP contribution in [-0.2, 0) is 6.67 Å². The molecule has 0 saturated heterocycles. The Labute approximate surface area is 236 Å². The largest absolute Gasteiger partial charge is 0.456 e. The van der Waals surface area contributed by atoms with Crippen molar-refractivity contribution in [3.63, 3.8) is 0 Å². The highest BCUT2D eigenvalue weighted by Gasteiger charge is 2.26. The van der Waals surface area contributed by atoms with Crippen molar-refractivity contribution in [2.45, 2.75) is 20.5 Å². The number of imidazole rings is 1. The van der Waals surface area contributed by atoms with Gasteiger partial charge in [0, 0.05) is 40.7 Å². The molecule has 8 rings (SSSR count). The first kappa shape index (κ1) is 23.5. The van der Waals surface area contributed by atoms with Gasteiger partial charge in [0.05, 0.1) is 34.1 Å². The summed E-state index contributed by atoms with van der Waals surface area (Å²) in [6, 6.07) is 32.9. The van der Waals surface area contributed by atoms with Gasteiger partial charge in [-0.15, -0.1) is 0 Å². The van der Waals surface area contributed by atoms with Gasteiger partial charge in [-0.05, 0) is 56.3 Å². The van der Waals surface area contributed by atoms with E-state index >= 15 is 0 Å². The Morgan fingerprint density at radius 1 is 0.756 bits per heavy atom. The lowest BCUT2D eigenvalue weighted by molar-refractivity contribution is 0.481. The van der Waals surface area contributed by atoms with Gasteiger partial charge < -0.3 is 14.2 Å². The van der Waals surface area contributed by atoms with Gasteiger partial charge in [-0.3, -0.25) is 9.55 Å². The number of hydrogen-bond donors (Lipinski definition) is 0. The van der Waals surface area contributed by atoms with E-state index in [0.717, 1.165) is 62.0 Å². The van der Waals surface area contributed by atoms with Gasteiger partial charge in [-0.1, -0.05) is 42.5 Å². The summed E-state index contributed by atoms with van der Waals surface area (Å²) in [5, 5.41) is 1.08. The van der Waals surface area contributed by atoms with Gasteiger partial charge in [-0.2, -0.15) is 0 Å². The molecular weight excluding hydrogens is 508 g/mol. The van der Waals surface area contributed by atoms with Gasteiger partial charge in [-0.25, -0.2) is 9.97 Å². The number of aryl methyl sites for hydroxylation is 1. The molecule has 0 atom stereocenters. The van der Waals surface area contributed by atoms with Crippen molar-refractivity contribution in [2.24, 2.45) is 0 Å². The van der Waals surface area contributed by atoms with Crippen molar-refractivity contribution in [1.82, 2.24) is 24.1 Å². The Morgan fingerprint density at radius 3 is 2.51 bits per heavy atom. The van der Waals surface area contributed by atoms with Gasteiger partial charge >= 0.3 is 0 Å². The molecule has 0 saturated carbocycles. The van der Waals surface area contributed by atoms with Crippen molar-refractivity contribution < 1.29 is 4.74 Å². The molecule has 0 radical (unpaired) electrons. The molecule has 1 aliphatic heterocycles. The lowest BCUT2D eigenvalue weighted by Gasteiger charge is -2.33. The van der Waals surface area contributed by atoms with Gasteiger partial charge in [0.15, 0.2) is 0 Å². The molecule has 0 aliphatic carbocycles. The van der Waals surface area contributed by atoms with Crippen molar-refractivity contribution in [3.05, 3.63) is 121 Å². The average Bonchev–Trinajstić information content (AvgIpc) is 3.50.